The lowest BCUT2D eigenvalue weighted by Gasteiger charge is -1.98. The van der Waals surface area contributed by atoms with Gasteiger partial charge in [-0.25, -0.2) is 9.19 Å². The minimum Gasteiger partial charge on any atom is -0.466 e. The van der Waals surface area contributed by atoms with Crippen molar-refractivity contribution in [2.24, 2.45) is 0 Å². The van der Waals surface area contributed by atoms with Gasteiger partial charge in [0.1, 0.15) is 0 Å². The highest BCUT2D eigenvalue weighted by atomic mass is 32.2. The average molecular weight is 250 g/mol. The monoisotopic (exact) mass is 250 g/mol. The highest BCUT2D eigenvalue weighted by Gasteiger charge is 2.08. The Balaban J connectivity index is 2.52. The van der Waals surface area contributed by atoms with Crippen molar-refractivity contribution in [1.29, 1.82) is 0 Å². The molecule has 0 radical (unpaired) electrons. The van der Waals surface area contributed by atoms with Crippen LogP contribution in [-0.4, -0.2) is 26.3 Å². The van der Waals surface area contributed by atoms with Crippen LogP contribution in [0.4, 0.5) is 5.13 Å². The van der Waals surface area contributed by atoms with E-state index >= 15 is 0 Å². The van der Waals surface area contributed by atoms with Crippen molar-refractivity contribution in [3.05, 3.63) is 11.1 Å². The molecule has 0 saturated carbocycles. The Bertz CT molecular complexity index is 366. The number of carbonyl (C=O) groups excluding carboxylic acids is 1. The molecular weight excluding hydrogens is 240 g/mol. The molecule has 1 aromatic rings. The fraction of sp³-hybridized carbons (Fsp3) is 0.429. The van der Waals surface area contributed by atoms with Crippen LogP contribution in [0, 0.1) is 0 Å². The Morgan fingerprint density at radius 2 is 2.53 bits per heavy atom. The van der Waals surface area contributed by atoms with Gasteiger partial charge in [-0.15, -0.1) is 11.3 Å². The number of hydrogen-bond donors (Lipinski definition) is 2. The van der Waals surface area contributed by atoms with E-state index in [1.54, 1.807) is 12.3 Å². The van der Waals surface area contributed by atoms with Gasteiger partial charge in [-0.3, -0.25) is 14.1 Å². The fourth-order valence-electron chi connectivity index (χ4n) is 0.870. The quantitative estimate of drug-likeness (QED) is 0.596. The predicted octanol–water partition coefficient (Wildman–Crippen LogP) is 0.797. The van der Waals surface area contributed by atoms with Gasteiger partial charge in [-0.1, -0.05) is 0 Å². The van der Waals surface area contributed by atoms with Crippen LogP contribution < -0.4 is 4.72 Å². The fourth-order valence-corrected chi connectivity index (χ4v) is 2.02. The Hall–Kier alpha value is -0.990. The molecule has 2 N–H and O–H groups in total. The first-order chi connectivity index (χ1) is 7.11. The van der Waals surface area contributed by atoms with Gasteiger partial charge in [0, 0.05) is 5.38 Å². The summed E-state index contributed by atoms with van der Waals surface area (Å²) in [5.41, 5.74) is 0.520. The van der Waals surface area contributed by atoms with Gasteiger partial charge in [-0.05, 0) is 6.92 Å². The molecule has 1 aromatic heterocycles. The molecule has 0 spiro atoms. The first-order valence-electron chi connectivity index (χ1n) is 4.09. The molecule has 0 amide bonds. The smallest absolute Gasteiger partial charge is 0.311 e. The van der Waals surface area contributed by atoms with Gasteiger partial charge in [0.2, 0.25) is 0 Å². The number of thiazole rings is 1. The minimum absolute atomic E-state index is 0.0735. The van der Waals surface area contributed by atoms with E-state index < -0.39 is 11.3 Å². The van der Waals surface area contributed by atoms with Crippen LogP contribution in [0.5, 0.6) is 0 Å². The molecule has 0 aliphatic rings. The summed E-state index contributed by atoms with van der Waals surface area (Å²) in [6, 6.07) is 0. The van der Waals surface area contributed by atoms with E-state index in [1.165, 1.54) is 0 Å². The molecule has 0 aliphatic heterocycles. The van der Waals surface area contributed by atoms with E-state index in [0.29, 0.717) is 17.4 Å². The van der Waals surface area contributed by atoms with Gasteiger partial charge >= 0.3 is 5.97 Å². The second-order valence-corrected chi connectivity index (χ2v) is 4.04. The predicted molar refractivity (Wildman–Crippen MR) is 56.8 cm³/mol. The maximum Gasteiger partial charge on any atom is 0.311 e. The Morgan fingerprint density at radius 3 is 3.13 bits per heavy atom. The van der Waals surface area contributed by atoms with Gasteiger partial charge in [0.05, 0.1) is 18.7 Å². The highest BCUT2D eigenvalue weighted by molar-refractivity contribution is 7.80. The van der Waals surface area contributed by atoms with Crippen LogP contribution in [0.2, 0.25) is 0 Å². The van der Waals surface area contributed by atoms with Crippen molar-refractivity contribution in [3.8, 4) is 0 Å². The maximum absolute atomic E-state index is 11.1. The number of nitrogens with one attached hydrogen (secondary N) is 1. The molecule has 15 heavy (non-hydrogen) atoms. The summed E-state index contributed by atoms with van der Waals surface area (Å²) in [7, 11) is 0. The van der Waals surface area contributed by atoms with Crippen LogP contribution >= 0.6 is 11.3 Å². The molecule has 1 rings (SSSR count). The second kappa shape index (κ2) is 5.79. The molecule has 0 bridgehead atoms. The van der Waals surface area contributed by atoms with E-state index in [1.807, 2.05) is 0 Å². The standard InChI is InChI=1S/C7H10N2O4S2/c1-2-13-6(10)3-5-4-14-7(8-5)9-15(11)12/h4H,2-3H2,1H3,(H,8,9)(H,11,12). The SMILES string of the molecule is CCOC(=O)Cc1csc(NS(=O)O)n1. The largest absolute Gasteiger partial charge is 0.466 e. The Kier molecular flexibility index (Phi) is 4.66. The summed E-state index contributed by atoms with van der Waals surface area (Å²) >= 11 is -0.983. The average Bonchev–Trinajstić information content (AvgIpc) is 2.51. The summed E-state index contributed by atoms with van der Waals surface area (Å²) in [5.74, 6) is -0.362. The van der Waals surface area contributed by atoms with Crippen LogP contribution in [0.15, 0.2) is 5.38 Å². The van der Waals surface area contributed by atoms with Crippen LogP contribution in [0.1, 0.15) is 12.6 Å². The zero-order valence-corrected chi connectivity index (χ0v) is 9.56. The number of ether oxygens (including phenoxy) is 1. The molecule has 84 valence electrons. The molecule has 6 nitrogen and oxygen atoms in total. The number of rotatable bonds is 5. The highest BCUT2D eigenvalue weighted by Crippen LogP contribution is 2.16. The number of anilines is 1. The van der Waals surface area contributed by atoms with E-state index in [4.69, 9.17) is 9.29 Å². The molecule has 1 unspecified atom stereocenters. The van der Waals surface area contributed by atoms with Crippen molar-refractivity contribution >= 4 is 33.7 Å². The van der Waals surface area contributed by atoms with E-state index in [-0.39, 0.29) is 12.4 Å². The number of esters is 1. The third kappa shape index (κ3) is 4.36. The van der Waals surface area contributed by atoms with Crippen LogP contribution in [0.3, 0.4) is 0 Å². The number of hydrogen-bond acceptors (Lipinski definition) is 5. The molecule has 8 heteroatoms. The molecule has 0 aromatic carbocycles. The maximum atomic E-state index is 11.1. The lowest BCUT2D eigenvalue weighted by molar-refractivity contribution is -0.142. The van der Waals surface area contributed by atoms with Gasteiger partial charge in [-0.2, -0.15) is 0 Å². The second-order valence-electron chi connectivity index (χ2n) is 2.48. The molecule has 0 fully saturated rings. The molecule has 1 atom stereocenters. The van der Waals surface area contributed by atoms with Crippen molar-refractivity contribution < 1.29 is 18.3 Å². The summed E-state index contributed by atoms with van der Waals surface area (Å²) in [4.78, 5) is 15.0. The summed E-state index contributed by atoms with van der Waals surface area (Å²) < 4.78 is 25.8. The lowest BCUT2D eigenvalue weighted by atomic mass is 10.3. The first-order valence-corrected chi connectivity index (χ1v) is 6.08. The Labute approximate surface area is 93.1 Å². The molecular formula is C7H10N2O4S2. The normalized spacial score (nSPS) is 12.1. The van der Waals surface area contributed by atoms with Crippen molar-refractivity contribution in [1.82, 2.24) is 4.98 Å². The van der Waals surface area contributed by atoms with Crippen LogP contribution in [0.25, 0.3) is 0 Å². The third-order valence-electron chi connectivity index (χ3n) is 1.36. The van der Waals surface area contributed by atoms with E-state index in [2.05, 4.69) is 9.71 Å². The van der Waals surface area contributed by atoms with Crippen LogP contribution in [-0.2, 0) is 27.2 Å². The summed E-state index contributed by atoms with van der Waals surface area (Å²) in [6.07, 6.45) is 0.0735. The van der Waals surface area contributed by atoms with E-state index in [0.717, 1.165) is 11.3 Å². The number of nitrogens with zero attached hydrogens (tertiary/aromatic N) is 1. The third-order valence-corrected chi connectivity index (χ3v) is 2.66. The first kappa shape index (κ1) is 12.1. The van der Waals surface area contributed by atoms with Crippen molar-refractivity contribution in [2.45, 2.75) is 13.3 Å². The lowest BCUT2D eigenvalue weighted by Crippen LogP contribution is -2.08. The van der Waals surface area contributed by atoms with Crippen molar-refractivity contribution in [3.63, 3.8) is 0 Å². The van der Waals surface area contributed by atoms with Gasteiger partial charge < -0.3 is 4.74 Å². The van der Waals surface area contributed by atoms with Gasteiger partial charge in [0.15, 0.2) is 5.13 Å². The van der Waals surface area contributed by atoms with E-state index in [9.17, 15) is 9.00 Å². The van der Waals surface area contributed by atoms with Crippen molar-refractivity contribution in [2.75, 3.05) is 11.3 Å². The molecule has 0 saturated heterocycles. The molecule has 1 heterocycles. The minimum atomic E-state index is -2.14. The summed E-state index contributed by atoms with van der Waals surface area (Å²) in [5, 5.41) is 1.93. The summed E-state index contributed by atoms with van der Waals surface area (Å²) in [6.45, 7) is 2.05. The zero-order chi connectivity index (χ0) is 11.3. The zero-order valence-electron chi connectivity index (χ0n) is 7.93. The Morgan fingerprint density at radius 1 is 1.80 bits per heavy atom. The molecule has 0 aliphatic carbocycles. The van der Waals surface area contributed by atoms with Gasteiger partial charge in [0.25, 0.3) is 11.3 Å². The number of aromatic nitrogens is 1. The topological polar surface area (TPSA) is 88.5 Å². The number of carbonyl (C=O) groups is 1.